The lowest BCUT2D eigenvalue weighted by Gasteiger charge is -2.02. The molecule has 0 aliphatic heterocycles. The van der Waals surface area contributed by atoms with Gasteiger partial charge in [0.1, 0.15) is 0 Å². The Bertz CT molecular complexity index is 203. The summed E-state index contributed by atoms with van der Waals surface area (Å²) in [5.41, 5.74) is 8.51. The number of aryl methyl sites for hydroxylation is 1. The molecule has 0 radical (unpaired) electrons. The van der Waals surface area contributed by atoms with Gasteiger partial charge in [-0.05, 0) is 19.5 Å². The summed E-state index contributed by atoms with van der Waals surface area (Å²) in [6.07, 6.45) is 0. The van der Waals surface area contributed by atoms with Gasteiger partial charge in [-0.3, -0.25) is 10.9 Å². The minimum Gasteiger partial charge on any atom is -0.261 e. The van der Waals surface area contributed by atoms with Crippen molar-refractivity contribution in [2.75, 3.05) is 7.05 Å². The molecule has 0 fully saturated rings. The molecule has 2 nitrogen and oxygen atoms in total. The average molecular weight is 150 g/mol. The molecule has 2 N–H and O–H groups in total. The maximum Gasteiger partial charge on any atom is 0.0350 e. The molecule has 0 atom stereocenters. The van der Waals surface area contributed by atoms with Crippen molar-refractivity contribution in [2.45, 2.75) is 13.5 Å². The van der Waals surface area contributed by atoms with Crippen LogP contribution in [-0.2, 0) is 6.54 Å². The topological polar surface area (TPSA) is 24.1 Å². The number of hydrogen-bond acceptors (Lipinski definition) is 2. The minimum atomic E-state index is 0.872. The zero-order valence-corrected chi connectivity index (χ0v) is 7.02. The molecule has 0 aromatic heterocycles. The Morgan fingerprint density at radius 3 is 2.36 bits per heavy atom. The van der Waals surface area contributed by atoms with Gasteiger partial charge in [-0.2, -0.15) is 0 Å². The third kappa shape index (κ3) is 2.70. The number of nitrogens with one attached hydrogen (secondary N) is 2. The smallest absolute Gasteiger partial charge is 0.0350 e. The molecule has 0 saturated carbocycles. The normalized spacial score (nSPS) is 10.0. The number of hydrogen-bond donors (Lipinski definition) is 2. The maximum absolute atomic E-state index is 3.03. The van der Waals surface area contributed by atoms with Crippen molar-refractivity contribution in [2.24, 2.45) is 0 Å². The Kier molecular flexibility index (Phi) is 3.08. The van der Waals surface area contributed by atoms with Crippen LogP contribution < -0.4 is 10.9 Å². The molecule has 0 spiro atoms. The molecule has 0 aliphatic rings. The second-order valence-electron chi connectivity index (χ2n) is 2.59. The predicted molar refractivity (Wildman–Crippen MR) is 47.1 cm³/mol. The first-order valence-electron chi connectivity index (χ1n) is 3.78. The van der Waals surface area contributed by atoms with Crippen LogP contribution in [0.5, 0.6) is 0 Å². The molecule has 0 amide bonds. The van der Waals surface area contributed by atoms with Crippen LogP contribution in [0, 0.1) is 6.92 Å². The summed E-state index contributed by atoms with van der Waals surface area (Å²) in [6, 6.07) is 8.48. The third-order valence-corrected chi connectivity index (χ3v) is 1.59. The van der Waals surface area contributed by atoms with Gasteiger partial charge in [0.2, 0.25) is 0 Å². The molecule has 0 aliphatic carbocycles. The van der Waals surface area contributed by atoms with Crippen LogP contribution in [0.2, 0.25) is 0 Å². The lowest BCUT2D eigenvalue weighted by Crippen LogP contribution is -2.26. The highest BCUT2D eigenvalue weighted by Gasteiger charge is 1.88. The maximum atomic E-state index is 3.03. The van der Waals surface area contributed by atoms with E-state index in [4.69, 9.17) is 0 Å². The lowest BCUT2D eigenvalue weighted by atomic mass is 10.1. The van der Waals surface area contributed by atoms with Gasteiger partial charge in [0.05, 0.1) is 0 Å². The van der Waals surface area contributed by atoms with Crippen molar-refractivity contribution in [3.8, 4) is 0 Å². The van der Waals surface area contributed by atoms with Crippen molar-refractivity contribution in [1.29, 1.82) is 0 Å². The Labute approximate surface area is 67.6 Å². The van der Waals surface area contributed by atoms with Gasteiger partial charge in [0.15, 0.2) is 0 Å². The molecule has 1 aromatic rings. The Hall–Kier alpha value is -0.860. The molecule has 0 unspecified atom stereocenters. The van der Waals surface area contributed by atoms with E-state index in [9.17, 15) is 0 Å². The second-order valence-corrected chi connectivity index (χ2v) is 2.59. The Morgan fingerprint density at radius 2 is 1.82 bits per heavy atom. The largest absolute Gasteiger partial charge is 0.261 e. The first kappa shape index (κ1) is 8.24. The summed E-state index contributed by atoms with van der Waals surface area (Å²) in [5.74, 6) is 0. The molecule has 1 rings (SSSR count). The average Bonchev–Trinajstić information content (AvgIpc) is 2.04. The molecule has 0 bridgehead atoms. The summed E-state index contributed by atoms with van der Waals surface area (Å²) in [6.45, 7) is 2.96. The predicted octanol–water partition coefficient (Wildman–Crippen LogP) is 1.22. The summed E-state index contributed by atoms with van der Waals surface area (Å²) < 4.78 is 0. The molecule has 1 aromatic carbocycles. The molecule has 0 heterocycles. The quantitative estimate of drug-likeness (QED) is 0.633. The van der Waals surface area contributed by atoms with Gasteiger partial charge in [-0.25, -0.2) is 0 Å². The third-order valence-electron chi connectivity index (χ3n) is 1.59. The zero-order valence-electron chi connectivity index (χ0n) is 7.02. The first-order chi connectivity index (χ1) is 5.33. The molecule has 0 saturated heterocycles. The molecule has 60 valence electrons. The molecule has 2 heteroatoms. The van der Waals surface area contributed by atoms with Gasteiger partial charge < -0.3 is 0 Å². The van der Waals surface area contributed by atoms with E-state index >= 15 is 0 Å². The van der Waals surface area contributed by atoms with E-state index in [0.29, 0.717) is 0 Å². The van der Waals surface area contributed by atoms with E-state index in [2.05, 4.69) is 42.0 Å². The number of rotatable bonds is 3. The fourth-order valence-electron chi connectivity index (χ4n) is 0.896. The zero-order chi connectivity index (χ0) is 8.10. The summed E-state index contributed by atoms with van der Waals surface area (Å²) >= 11 is 0. The summed E-state index contributed by atoms with van der Waals surface area (Å²) in [4.78, 5) is 0. The van der Waals surface area contributed by atoms with Gasteiger partial charge >= 0.3 is 0 Å². The van der Waals surface area contributed by atoms with Crippen LogP contribution in [0.15, 0.2) is 24.3 Å². The highest BCUT2D eigenvalue weighted by atomic mass is 15.3. The Balaban J connectivity index is 2.52. The van der Waals surface area contributed by atoms with Gasteiger partial charge in [0.25, 0.3) is 0 Å². The van der Waals surface area contributed by atoms with Crippen LogP contribution in [0.25, 0.3) is 0 Å². The van der Waals surface area contributed by atoms with E-state index in [0.717, 1.165) is 6.54 Å². The Morgan fingerprint density at radius 1 is 1.18 bits per heavy atom. The van der Waals surface area contributed by atoms with Gasteiger partial charge in [-0.15, -0.1) is 0 Å². The van der Waals surface area contributed by atoms with Gasteiger partial charge in [0, 0.05) is 6.54 Å². The van der Waals surface area contributed by atoms with Crippen LogP contribution in [0.3, 0.4) is 0 Å². The standard InChI is InChI=1S/C9H14N2/c1-8-3-5-9(6-4-8)7-11-10-2/h3-6,10-11H,7H2,1-2H3. The van der Waals surface area contributed by atoms with E-state index in [1.807, 2.05) is 7.05 Å². The van der Waals surface area contributed by atoms with E-state index in [1.165, 1.54) is 11.1 Å². The van der Waals surface area contributed by atoms with Crippen LogP contribution >= 0.6 is 0 Å². The van der Waals surface area contributed by atoms with Crippen LogP contribution in [0.4, 0.5) is 0 Å². The highest BCUT2D eigenvalue weighted by Crippen LogP contribution is 2.01. The minimum absolute atomic E-state index is 0.872. The summed E-state index contributed by atoms with van der Waals surface area (Å²) in [7, 11) is 1.87. The highest BCUT2D eigenvalue weighted by molar-refractivity contribution is 5.20. The van der Waals surface area contributed by atoms with Gasteiger partial charge in [-0.1, -0.05) is 29.8 Å². The van der Waals surface area contributed by atoms with Crippen molar-refractivity contribution < 1.29 is 0 Å². The number of hydrazine groups is 1. The van der Waals surface area contributed by atoms with E-state index in [-0.39, 0.29) is 0 Å². The van der Waals surface area contributed by atoms with E-state index < -0.39 is 0 Å². The van der Waals surface area contributed by atoms with Crippen molar-refractivity contribution in [1.82, 2.24) is 10.9 Å². The van der Waals surface area contributed by atoms with Crippen molar-refractivity contribution in [3.63, 3.8) is 0 Å². The molecule has 11 heavy (non-hydrogen) atoms. The fourth-order valence-corrected chi connectivity index (χ4v) is 0.896. The first-order valence-corrected chi connectivity index (χ1v) is 3.78. The van der Waals surface area contributed by atoms with E-state index in [1.54, 1.807) is 0 Å². The number of benzene rings is 1. The van der Waals surface area contributed by atoms with Crippen molar-refractivity contribution >= 4 is 0 Å². The van der Waals surface area contributed by atoms with Crippen molar-refractivity contribution in [3.05, 3.63) is 35.4 Å². The fraction of sp³-hybridized carbons (Fsp3) is 0.333. The van der Waals surface area contributed by atoms with Crippen LogP contribution in [0.1, 0.15) is 11.1 Å². The lowest BCUT2D eigenvalue weighted by molar-refractivity contribution is 0.596. The van der Waals surface area contributed by atoms with Crippen LogP contribution in [-0.4, -0.2) is 7.05 Å². The molecular formula is C9H14N2. The monoisotopic (exact) mass is 150 g/mol. The SMILES string of the molecule is CNNCc1ccc(C)cc1. The molecular weight excluding hydrogens is 136 g/mol. The summed E-state index contributed by atoms with van der Waals surface area (Å²) in [5, 5.41) is 0. The second kappa shape index (κ2) is 4.11.